The van der Waals surface area contributed by atoms with Gasteiger partial charge in [0.2, 0.25) is 0 Å². The Kier molecular flexibility index (Phi) is 3.55. The molecule has 106 valence electrons. The molecule has 0 aliphatic heterocycles. The molecule has 2 rings (SSSR count). The molecular formula is C18H29N. The van der Waals surface area contributed by atoms with Crippen LogP contribution in [0.2, 0.25) is 0 Å². The van der Waals surface area contributed by atoms with Crippen molar-refractivity contribution in [3.63, 3.8) is 0 Å². The van der Waals surface area contributed by atoms with Gasteiger partial charge in [-0.3, -0.25) is 0 Å². The van der Waals surface area contributed by atoms with E-state index in [-0.39, 0.29) is 6.04 Å². The maximum Gasteiger partial charge on any atom is 0.0334 e. The van der Waals surface area contributed by atoms with Crippen LogP contribution in [0.25, 0.3) is 0 Å². The summed E-state index contributed by atoms with van der Waals surface area (Å²) in [6, 6.07) is 9.12. The molecule has 0 heterocycles. The van der Waals surface area contributed by atoms with Crippen molar-refractivity contribution in [1.82, 2.24) is 0 Å². The largest absolute Gasteiger partial charge is 0.324 e. The Hall–Kier alpha value is -0.820. The summed E-state index contributed by atoms with van der Waals surface area (Å²) in [5.74, 6) is 1.29. The summed E-state index contributed by atoms with van der Waals surface area (Å²) in [6.45, 7) is 13.9. The van der Waals surface area contributed by atoms with E-state index in [0.717, 1.165) is 6.42 Å². The third-order valence-corrected chi connectivity index (χ3v) is 5.50. The van der Waals surface area contributed by atoms with E-state index in [1.807, 2.05) is 0 Å². The summed E-state index contributed by atoms with van der Waals surface area (Å²) >= 11 is 0. The summed E-state index contributed by atoms with van der Waals surface area (Å²) in [7, 11) is 0. The molecule has 0 bridgehead atoms. The highest BCUT2D eigenvalue weighted by Crippen LogP contribution is 2.71. The molecule has 19 heavy (non-hydrogen) atoms. The number of hydrogen-bond donors (Lipinski definition) is 1. The molecule has 1 saturated carbocycles. The second-order valence-corrected chi connectivity index (χ2v) is 7.79. The number of rotatable bonds is 4. The molecule has 1 unspecified atom stereocenters. The van der Waals surface area contributed by atoms with Gasteiger partial charge in [-0.15, -0.1) is 0 Å². The van der Waals surface area contributed by atoms with Gasteiger partial charge in [-0.25, -0.2) is 0 Å². The number of hydrogen-bond acceptors (Lipinski definition) is 1. The predicted octanol–water partition coefficient (Wildman–Crippen LogP) is 4.57. The van der Waals surface area contributed by atoms with Crippen molar-refractivity contribution in [2.75, 3.05) is 0 Å². The molecule has 0 spiro atoms. The minimum Gasteiger partial charge on any atom is -0.324 e. The lowest BCUT2D eigenvalue weighted by atomic mass is 9.95. The van der Waals surface area contributed by atoms with Crippen molar-refractivity contribution in [2.45, 2.75) is 54.0 Å². The Labute approximate surface area is 118 Å². The van der Waals surface area contributed by atoms with Crippen molar-refractivity contribution in [1.29, 1.82) is 0 Å². The smallest absolute Gasteiger partial charge is 0.0334 e. The average molecular weight is 259 g/mol. The third-order valence-electron chi connectivity index (χ3n) is 5.50. The van der Waals surface area contributed by atoms with Gasteiger partial charge in [0.05, 0.1) is 0 Å². The highest BCUT2D eigenvalue weighted by Gasteiger charge is 2.66. The first-order valence-electron chi connectivity index (χ1n) is 7.52. The minimum atomic E-state index is 0.165. The van der Waals surface area contributed by atoms with Crippen LogP contribution >= 0.6 is 0 Å². The normalized spacial score (nSPS) is 22.5. The summed E-state index contributed by atoms with van der Waals surface area (Å²) in [6.07, 6.45) is 1.15. The van der Waals surface area contributed by atoms with Crippen molar-refractivity contribution in [2.24, 2.45) is 28.4 Å². The van der Waals surface area contributed by atoms with Gasteiger partial charge in [-0.2, -0.15) is 0 Å². The fourth-order valence-corrected chi connectivity index (χ4v) is 3.69. The van der Waals surface area contributed by atoms with Crippen LogP contribution in [0.5, 0.6) is 0 Å². The second-order valence-electron chi connectivity index (χ2n) is 7.79. The standard InChI is InChI=1S/C18H29N/c1-12(2)11-13-7-9-14(10-8-13)15(19)16-17(3,4)18(16,5)6/h7-10,12,15-16H,11,19H2,1-6H3. The number of nitrogens with two attached hydrogens (primary N) is 1. The van der Waals surface area contributed by atoms with Crippen LogP contribution in [0.15, 0.2) is 24.3 Å². The van der Waals surface area contributed by atoms with Crippen LogP contribution in [0.4, 0.5) is 0 Å². The maximum absolute atomic E-state index is 6.50. The van der Waals surface area contributed by atoms with E-state index in [0.29, 0.717) is 22.7 Å². The molecule has 1 aromatic carbocycles. The summed E-state index contributed by atoms with van der Waals surface area (Å²) in [4.78, 5) is 0. The molecule has 1 aliphatic rings. The zero-order chi connectivity index (χ0) is 14.4. The van der Waals surface area contributed by atoms with Gasteiger partial charge in [0.25, 0.3) is 0 Å². The predicted molar refractivity (Wildman–Crippen MR) is 83.0 cm³/mol. The Morgan fingerprint density at radius 1 is 1.00 bits per heavy atom. The van der Waals surface area contributed by atoms with E-state index in [9.17, 15) is 0 Å². The lowest BCUT2D eigenvalue weighted by Gasteiger charge is -2.15. The fraction of sp³-hybridized carbons (Fsp3) is 0.667. The van der Waals surface area contributed by atoms with Crippen LogP contribution in [0.1, 0.15) is 58.7 Å². The fourth-order valence-electron chi connectivity index (χ4n) is 3.69. The highest BCUT2D eigenvalue weighted by atomic mass is 14.8. The van der Waals surface area contributed by atoms with Crippen LogP contribution in [-0.2, 0) is 6.42 Å². The van der Waals surface area contributed by atoms with Gasteiger partial charge in [-0.1, -0.05) is 65.8 Å². The van der Waals surface area contributed by atoms with Crippen LogP contribution in [0, 0.1) is 22.7 Å². The van der Waals surface area contributed by atoms with Crippen LogP contribution in [0.3, 0.4) is 0 Å². The average Bonchev–Trinajstić information content (AvgIpc) is 2.68. The SMILES string of the molecule is CC(C)Cc1ccc(C(N)C2C(C)(C)C2(C)C)cc1. The van der Waals surface area contributed by atoms with E-state index < -0.39 is 0 Å². The Morgan fingerprint density at radius 2 is 1.47 bits per heavy atom. The molecule has 1 aliphatic carbocycles. The van der Waals surface area contributed by atoms with E-state index in [1.165, 1.54) is 11.1 Å². The van der Waals surface area contributed by atoms with Crippen LogP contribution < -0.4 is 5.73 Å². The monoisotopic (exact) mass is 259 g/mol. The molecule has 2 N–H and O–H groups in total. The van der Waals surface area contributed by atoms with Gasteiger partial charge in [0.15, 0.2) is 0 Å². The minimum absolute atomic E-state index is 0.165. The Morgan fingerprint density at radius 3 is 1.84 bits per heavy atom. The van der Waals surface area contributed by atoms with Crippen molar-refractivity contribution < 1.29 is 0 Å². The van der Waals surface area contributed by atoms with E-state index in [2.05, 4.69) is 65.8 Å². The lowest BCUT2D eigenvalue weighted by Crippen LogP contribution is -2.16. The zero-order valence-corrected chi connectivity index (χ0v) is 13.3. The van der Waals surface area contributed by atoms with Gasteiger partial charge < -0.3 is 5.73 Å². The van der Waals surface area contributed by atoms with Crippen molar-refractivity contribution in [3.8, 4) is 0 Å². The molecule has 0 saturated heterocycles. The molecule has 0 amide bonds. The number of benzene rings is 1. The molecule has 1 heteroatoms. The molecular weight excluding hydrogens is 230 g/mol. The van der Waals surface area contributed by atoms with Gasteiger partial charge in [0.1, 0.15) is 0 Å². The van der Waals surface area contributed by atoms with E-state index in [4.69, 9.17) is 5.73 Å². The summed E-state index contributed by atoms with van der Waals surface area (Å²) in [5.41, 5.74) is 9.91. The highest BCUT2D eigenvalue weighted by molar-refractivity contribution is 5.29. The Bertz CT molecular complexity index is 425. The van der Waals surface area contributed by atoms with Gasteiger partial charge in [-0.05, 0) is 40.2 Å². The molecule has 1 atom stereocenters. The molecule has 1 aromatic rings. The first kappa shape index (κ1) is 14.6. The topological polar surface area (TPSA) is 26.0 Å². The first-order valence-corrected chi connectivity index (χ1v) is 7.52. The van der Waals surface area contributed by atoms with Gasteiger partial charge >= 0.3 is 0 Å². The van der Waals surface area contributed by atoms with Crippen molar-refractivity contribution >= 4 is 0 Å². The second kappa shape index (κ2) is 4.63. The molecule has 0 radical (unpaired) electrons. The Balaban J connectivity index is 2.11. The van der Waals surface area contributed by atoms with Gasteiger partial charge in [0, 0.05) is 6.04 Å². The maximum atomic E-state index is 6.50. The zero-order valence-electron chi connectivity index (χ0n) is 13.3. The molecule has 1 fully saturated rings. The lowest BCUT2D eigenvalue weighted by molar-refractivity contribution is 0.457. The van der Waals surface area contributed by atoms with Crippen molar-refractivity contribution in [3.05, 3.63) is 35.4 Å². The summed E-state index contributed by atoms with van der Waals surface area (Å²) in [5, 5.41) is 0. The molecule has 0 aromatic heterocycles. The van der Waals surface area contributed by atoms with E-state index >= 15 is 0 Å². The third kappa shape index (κ3) is 2.45. The quantitative estimate of drug-likeness (QED) is 0.842. The molecule has 1 nitrogen and oxygen atoms in total. The van der Waals surface area contributed by atoms with Crippen LogP contribution in [-0.4, -0.2) is 0 Å². The first-order chi connectivity index (χ1) is 8.68. The van der Waals surface area contributed by atoms with E-state index in [1.54, 1.807) is 0 Å². The summed E-state index contributed by atoms with van der Waals surface area (Å²) < 4.78 is 0.